The maximum atomic E-state index is 12.3. The number of aliphatic hydroxyl groups excluding tert-OH is 1. The number of hydrogen-bond donors (Lipinski definition) is 3. The van der Waals surface area contributed by atoms with E-state index < -0.39 is 47.9 Å². The van der Waals surface area contributed by atoms with Gasteiger partial charge in [-0.05, 0) is 5.56 Å². The molecule has 1 unspecified atom stereocenters. The number of methoxy groups -OCH3 is 2. The number of carbonyl (C=O) groups is 3. The molecule has 8 heteroatoms. The van der Waals surface area contributed by atoms with Crippen molar-refractivity contribution >= 4 is 17.9 Å². The summed E-state index contributed by atoms with van der Waals surface area (Å²) >= 11 is 0. The fourth-order valence-electron chi connectivity index (χ4n) is 3.20. The van der Waals surface area contributed by atoms with Gasteiger partial charge in [-0.15, -0.1) is 0 Å². The maximum absolute atomic E-state index is 12.3. The van der Waals surface area contributed by atoms with Crippen molar-refractivity contribution in [3.05, 3.63) is 35.9 Å². The lowest BCUT2D eigenvalue weighted by Gasteiger charge is -2.28. The molecule has 1 saturated heterocycles. The van der Waals surface area contributed by atoms with Crippen LogP contribution in [-0.2, 0) is 23.9 Å². The van der Waals surface area contributed by atoms with Crippen LogP contribution in [0.15, 0.2) is 30.3 Å². The first-order chi connectivity index (χ1) is 11.4. The van der Waals surface area contributed by atoms with Gasteiger partial charge in [0.1, 0.15) is 5.92 Å². The quantitative estimate of drug-likeness (QED) is 0.627. The van der Waals surface area contributed by atoms with Gasteiger partial charge in [0.25, 0.3) is 0 Å². The van der Waals surface area contributed by atoms with Crippen LogP contribution >= 0.6 is 0 Å². The van der Waals surface area contributed by atoms with E-state index in [9.17, 15) is 24.6 Å². The smallest absolute Gasteiger partial charge is 0.327 e. The standard InChI is InChI=1S/C16H19NO7/c1-23-13(19)10-11(14(20)24-2)16(8-18,15(21)22)17-12(10)9-6-4-3-5-7-9/h3-7,10-12,17-18H,8H2,1-2H3,(H,21,22)/t10-,11+,12+,16?/m0/s1. The average molecular weight is 337 g/mol. The van der Waals surface area contributed by atoms with E-state index in [0.29, 0.717) is 5.56 Å². The molecule has 3 N–H and O–H groups in total. The lowest BCUT2D eigenvalue weighted by atomic mass is 9.78. The van der Waals surface area contributed by atoms with Crippen LogP contribution < -0.4 is 5.32 Å². The number of rotatable bonds is 5. The molecule has 130 valence electrons. The second-order valence-corrected chi connectivity index (χ2v) is 5.52. The van der Waals surface area contributed by atoms with Crippen molar-refractivity contribution in [2.45, 2.75) is 11.6 Å². The van der Waals surface area contributed by atoms with E-state index in [4.69, 9.17) is 4.74 Å². The Bertz CT molecular complexity index is 633. The molecule has 1 heterocycles. The minimum absolute atomic E-state index is 0.596. The Morgan fingerprint density at radius 2 is 1.71 bits per heavy atom. The highest BCUT2D eigenvalue weighted by Crippen LogP contribution is 2.44. The Morgan fingerprint density at radius 3 is 2.17 bits per heavy atom. The number of aliphatic hydroxyl groups is 1. The number of hydrogen-bond acceptors (Lipinski definition) is 7. The summed E-state index contributed by atoms with van der Waals surface area (Å²) in [5, 5.41) is 22.1. The van der Waals surface area contributed by atoms with Gasteiger partial charge in [0.2, 0.25) is 0 Å². The number of esters is 2. The third-order valence-electron chi connectivity index (χ3n) is 4.38. The van der Waals surface area contributed by atoms with Crippen molar-refractivity contribution < 1.29 is 34.1 Å². The molecule has 0 aliphatic carbocycles. The molecule has 2 rings (SSSR count). The molecule has 0 bridgehead atoms. The molecule has 1 aliphatic rings. The van der Waals surface area contributed by atoms with E-state index in [-0.39, 0.29) is 0 Å². The first kappa shape index (κ1) is 17.9. The number of carboxylic acid groups (broad SMARTS) is 1. The minimum Gasteiger partial charge on any atom is -0.480 e. The summed E-state index contributed by atoms with van der Waals surface area (Å²) in [5.41, 5.74) is -1.45. The molecule has 8 nitrogen and oxygen atoms in total. The molecule has 0 aromatic heterocycles. The van der Waals surface area contributed by atoms with E-state index >= 15 is 0 Å². The van der Waals surface area contributed by atoms with Crippen LogP contribution in [0.3, 0.4) is 0 Å². The summed E-state index contributed by atoms with van der Waals surface area (Å²) in [4.78, 5) is 36.4. The van der Waals surface area contributed by atoms with Crippen molar-refractivity contribution in [3.8, 4) is 0 Å². The van der Waals surface area contributed by atoms with Crippen LogP contribution in [0.4, 0.5) is 0 Å². The van der Waals surface area contributed by atoms with E-state index in [0.717, 1.165) is 14.2 Å². The third kappa shape index (κ3) is 2.74. The van der Waals surface area contributed by atoms with Crippen molar-refractivity contribution in [1.29, 1.82) is 0 Å². The highest BCUT2D eigenvalue weighted by atomic mass is 16.5. The lowest BCUT2D eigenvalue weighted by Crippen LogP contribution is -2.58. The second kappa shape index (κ2) is 6.98. The fraction of sp³-hybridized carbons (Fsp3) is 0.438. The van der Waals surface area contributed by atoms with Gasteiger partial charge in [0.15, 0.2) is 5.54 Å². The molecule has 24 heavy (non-hydrogen) atoms. The van der Waals surface area contributed by atoms with Gasteiger partial charge < -0.3 is 19.7 Å². The van der Waals surface area contributed by atoms with Crippen LogP contribution in [0.2, 0.25) is 0 Å². The van der Waals surface area contributed by atoms with E-state index in [1.54, 1.807) is 30.3 Å². The van der Waals surface area contributed by atoms with Crippen molar-refractivity contribution in [2.24, 2.45) is 11.8 Å². The number of carboxylic acids is 1. The Labute approximate surface area is 138 Å². The zero-order chi connectivity index (χ0) is 17.9. The molecule has 0 spiro atoms. The summed E-state index contributed by atoms with van der Waals surface area (Å²) in [6, 6.07) is 7.76. The van der Waals surface area contributed by atoms with E-state index in [1.165, 1.54) is 0 Å². The zero-order valence-corrected chi connectivity index (χ0v) is 13.3. The number of ether oxygens (including phenoxy) is 2. The van der Waals surface area contributed by atoms with Crippen LogP contribution in [0, 0.1) is 11.8 Å². The number of nitrogens with one attached hydrogen (secondary N) is 1. The number of benzene rings is 1. The van der Waals surface area contributed by atoms with Gasteiger partial charge in [0, 0.05) is 6.04 Å². The monoisotopic (exact) mass is 337 g/mol. The van der Waals surface area contributed by atoms with Crippen LogP contribution in [-0.4, -0.2) is 54.5 Å². The molecule has 1 aromatic rings. The van der Waals surface area contributed by atoms with Gasteiger partial charge in [-0.25, -0.2) is 0 Å². The summed E-state index contributed by atoms with van der Waals surface area (Å²) in [7, 11) is 2.24. The summed E-state index contributed by atoms with van der Waals surface area (Å²) in [6.07, 6.45) is 0. The van der Waals surface area contributed by atoms with Crippen LogP contribution in [0.5, 0.6) is 0 Å². The molecule has 1 aromatic carbocycles. The molecule has 0 amide bonds. The minimum atomic E-state index is -2.05. The van der Waals surface area contributed by atoms with E-state index in [1.807, 2.05) is 0 Å². The summed E-state index contributed by atoms with van der Waals surface area (Å²) in [6.45, 7) is -0.890. The Hall–Kier alpha value is -2.45. The summed E-state index contributed by atoms with van der Waals surface area (Å²) in [5.74, 6) is -5.72. The molecule has 0 saturated carbocycles. The van der Waals surface area contributed by atoms with E-state index in [2.05, 4.69) is 10.1 Å². The SMILES string of the molecule is COC(=O)[C@@H]1[C@@H](c2ccccc2)NC(CO)(C(=O)O)[C@H]1C(=O)OC. The number of carbonyl (C=O) groups excluding carboxylic acids is 2. The largest absolute Gasteiger partial charge is 0.480 e. The molecule has 1 aliphatic heterocycles. The lowest BCUT2D eigenvalue weighted by molar-refractivity contribution is -0.164. The number of aliphatic carboxylic acids is 1. The van der Waals surface area contributed by atoms with Crippen LogP contribution in [0.25, 0.3) is 0 Å². The summed E-state index contributed by atoms with van der Waals surface area (Å²) < 4.78 is 9.46. The first-order valence-electron chi connectivity index (χ1n) is 7.25. The third-order valence-corrected chi connectivity index (χ3v) is 4.38. The van der Waals surface area contributed by atoms with Crippen molar-refractivity contribution in [2.75, 3.05) is 20.8 Å². The zero-order valence-electron chi connectivity index (χ0n) is 13.3. The first-order valence-corrected chi connectivity index (χ1v) is 7.25. The Kier molecular flexibility index (Phi) is 5.20. The Balaban J connectivity index is 2.62. The molecular formula is C16H19NO7. The van der Waals surface area contributed by atoms with Crippen molar-refractivity contribution in [3.63, 3.8) is 0 Å². The average Bonchev–Trinajstić information content (AvgIpc) is 2.97. The normalized spacial score (nSPS) is 29.0. The predicted molar refractivity (Wildman–Crippen MR) is 80.8 cm³/mol. The molecule has 0 radical (unpaired) electrons. The Morgan fingerprint density at radius 1 is 1.12 bits per heavy atom. The predicted octanol–water partition coefficient (Wildman–Crippen LogP) is -0.275. The molecule has 1 fully saturated rings. The topological polar surface area (TPSA) is 122 Å². The molecule has 4 atom stereocenters. The van der Waals surface area contributed by atoms with Gasteiger partial charge in [-0.1, -0.05) is 30.3 Å². The van der Waals surface area contributed by atoms with Gasteiger partial charge in [-0.3, -0.25) is 19.7 Å². The maximum Gasteiger partial charge on any atom is 0.327 e. The highest BCUT2D eigenvalue weighted by Gasteiger charge is 2.64. The van der Waals surface area contributed by atoms with Crippen LogP contribution in [0.1, 0.15) is 11.6 Å². The van der Waals surface area contributed by atoms with Gasteiger partial charge >= 0.3 is 17.9 Å². The van der Waals surface area contributed by atoms with Gasteiger partial charge in [-0.2, -0.15) is 0 Å². The van der Waals surface area contributed by atoms with Crippen molar-refractivity contribution in [1.82, 2.24) is 5.32 Å². The highest BCUT2D eigenvalue weighted by molar-refractivity contribution is 5.93. The second-order valence-electron chi connectivity index (χ2n) is 5.52. The molecular weight excluding hydrogens is 318 g/mol. The fourth-order valence-corrected chi connectivity index (χ4v) is 3.20. The van der Waals surface area contributed by atoms with Gasteiger partial charge in [0.05, 0.1) is 26.7 Å².